The first-order chi connectivity index (χ1) is 11.7. The van der Waals surface area contributed by atoms with Crippen molar-refractivity contribution in [3.05, 3.63) is 0 Å². The molecule has 1 aliphatic rings. The van der Waals surface area contributed by atoms with E-state index in [0.717, 1.165) is 5.75 Å². The lowest BCUT2D eigenvalue weighted by atomic mass is 10.00. The minimum Gasteiger partial charge on any atom is -0.394 e. The fourth-order valence-electron chi connectivity index (χ4n) is 1.81. The molecule has 148 valence electrons. The molecule has 0 aromatic heterocycles. The zero-order valence-corrected chi connectivity index (χ0v) is 15.6. The molecule has 0 amide bonds. The van der Waals surface area contributed by atoms with Crippen molar-refractivity contribution in [3.63, 3.8) is 0 Å². The number of rotatable bonds is 9. The maximum absolute atomic E-state index is 10.6. The van der Waals surface area contributed by atoms with E-state index in [-0.39, 0.29) is 11.5 Å². The molecule has 0 aliphatic carbocycles. The van der Waals surface area contributed by atoms with Crippen LogP contribution in [0.15, 0.2) is 5.16 Å². The van der Waals surface area contributed by atoms with Crippen LogP contribution in [0.5, 0.6) is 0 Å². The molecule has 5 N–H and O–H groups in total. The average Bonchev–Trinajstić information content (AvgIpc) is 2.55. The van der Waals surface area contributed by atoms with E-state index in [9.17, 15) is 23.7 Å². The third-order valence-corrected chi connectivity index (χ3v) is 4.78. The van der Waals surface area contributed by atoms with Gasteiger partial charge in [0.1, 0.15) is 29.5 Å². The van der Waals surface area contributed by atoms with Crippen LogP contribution in [0.3, 0.4) is 0 Å². The van der Waals surface area contributed by atoms with E-state index in [4.69, 9.17) is 18.6 Å². The largest absolute Gasteiger partial charge is 0.466 e. The van der Waals surface area contributed by atoms with Crippen LogP contribution in [0.2, 0.25) is 0 Å². The summed E-state index contributed by atoms with van der Waals surface area (Å²) in [7, 11) is -4.78. The number of hydrogen-bond acceptors (Lipinski definition) is 12. The van der Waals surface area contributed by atoms with Gasteiger partial charge in [0.05, 0.1) is 18.6 Å². The van der Waals surface area contributed by atoms with Gasteiger partial charge in [-0.2, -0.15) is 20.2 Å². The molecule has 0 aromatic carbocycles. The minimum absolute atomic E-state index is 0.0311. The average molecular weight is 423 g/mol. The van der Waals surface area contributed by atoms with Crippen LogP contribution in [0.25, 0.3) is 0 Å². The van der Waals surface area contributed by atoms with Gasteiger partial charge in [-0.3, -0.25) is 8.74 Å². The predicted octanol–water partition coefficient (Wildman–Crippen LogP) is -1.27. The number of aliphatic hydroxyl groups is 4. The molecule has 5 unspecified atom stereocenters. The second-order valence-electron chi connectivity index (χ2n) is 4.96. The topological polar surface area (TPSA) is 175 Å². The van der Waals surface area contributed by atoms with Gasteiger partial charge in [-0.25, -0.2) is 4.28 Å². The molecule has 0 aromatic rings. The summed E-state index contributed by atoms with van der Waals surface area (Å²) < 4.78 is 44.0. The Hall–Kier alpha value is -0.160. The fraction of sp³-hybridized carbons (Fsp3) is 0.909. The van der Waals surface area contributed by atoms with Gasteiger partial charge in [-0.1, -0.05) is 5.16 Å². The van der Waals surface area contributed by atoms with E-state index >= 15 is 0 Å². The van der Waals surface area contributed by atoms with Crippen LogP contribution in [0, 0.1) is 0 Å². The van der Waals surface area contributed by atoms with Gasteiger partial charge in [-0.05, 0) is 18.4 Å². The Kier molecular flexibility index (Phi) is 9.94. The number of hydrogen-bond donors (Lipinski definition) is 5. The number of oxime groups is 1. The molecular formula is C11H21NO10S3. The van der Waals surface area contributed by atoms with E-state index in [2.05, 4.69) is 9.44 Å². The SMILES string of the molecule is CSCCCC(=NOS(=O)(=O)O)SOC1OC(CO)C(O)C(O)C1O. The third kappa shape index (κ3) is 7.94. The van der Waals surface area contributed by atoms with Crippen LogP contribution in [-0.2, 0) is 23.6 Å². The zero-order chi connectivity index (χ0) is 19.0. The Labute approximate surface area is 153 Å². The zero-order valence-electron chi connectivity index (χ0n) is 13.2. The first-order valence-corrected chi connectivity index (χ1v) is 10.6. The lowest BCUT2D eigenvalue weighted by Crippen LogP contribution is -2.58. The summed E-state index contributed by atoms with van der Waals surface area (Å²) in [6, 6.07) is 0. The van der Waals surface area contributed by atoms with E-state index in [1.807, 2.05) is 6.26 Å². The molecule has 1 saturated heterocycles. The van der Waals surface area contributed by atoms with Gasteiger partial charge in [0, 0.05) is 6.42 Å². The summed E-state index contributed by atoms with van der Waals surface area (Å²) in [5.74, 6) is 0.742. The molecule has 1 rings (SSSR count). The lowest BCUT2D eigenvalue weighted by Gasteiger charge is -2.39. The second-order valence-corrected chi connectivity index (χ2v) is 7.78. The molecule has 5 atom stereocenters. The number of aliphatic hydroxyl groups excluding tert-OH is 4. The van der Waals surface area contributed by atoms with E-state index in [1.165, 1.54) is 0 Å². The van der Waals surface area contributed by atoms with E-state index in [0.29, 0.717) is 18.5 Å². The highest BCUT2D eigenvalue weighted by Crippen LogP contribution is 2.26. The Balaban J connectivity index is 2.69. The molecule has 0 spiro atoms. The van der Waals surface area contributed by atoms with Crippen LogP contribution in [-0.4, -0.2) is 87.8 Å². The summed E-state index contributed by atoms with van der Waals surface area (Å²) in [6.07, 6.45) is -4.58. The Bertz CT molecular complexity index is 528. The maximum atomic E-state index is 10.6. The molecule has 0 bridgehead atoms. The van der Waals surface area contributed by atoms with Crippen molar-refractivity contribution in [2.24, 2.45) is 5.16 Å². The summed E-state index contributed by atoms with van der Waals surface area (Å²) in [4.78, 5) is 0. The van der Waals surface area contributed by atoms with E-state index < -0.39 is 47.7 Å². The summed E-state index contributed by atoms with van der Waals surface area (Å²) >= 11 is 2.07. The highest BCUT2D eigenvalue weighted by molar-refractivity contribution is 8.09. The van der Waals surface area contributed by atoms with Gasteiger partial charge in [0.15, 0.2) is 6.29 Å². The number of nitrogens with zero attached hydrogens (tertiary/aromatic N) is 1. The monoisotopic (exact) mass is 423 g/mol. The highest BCUT2D eigenvalue weighted by atomic mass is 32.3. The maximum Gasteiger partial charge on any atom is 0.466 e. The van der Waals surface area contributed by atoms with Crippen molar-refractivity contribution in [1.82, 2.24) is 0 Å². The molecular weight excluding hydrogens is 402 g/mol. The second kappa shape index (κ2) is 10.9. The van der Waals surface area contributed by atoms with Gasteiger partial charge >= 0.3 is 10.4 Å². The van der Waals surface area contributed by atoms with Crippen molar-refractivity contribution in [1.29, 1.82) is 0 Å². The molecule has 1 fully saturated rings. The molecule has 0 radical (unpaired) electrons. The summed E-state index contributed by atoms with van der Waals surface area (Å²) in [5, 5.41) is 41.6. The molecule has 1 aliphatic heterocycles. The smallest absolute Gasteiger partial charge is 0.394 e. The molecule has 1 heterocycles. The minimum atomic E-state index is -4.78. The van der Waals surface area contributed by atoms with Crippen molar-refractivity contribution in [3.8, 4) is 0 Å². The van der Waals surface area contributed by atoms with Crippen LogP contribution in [0.1, 0.15) is 12.8 Å². The van der Waals surface area contributed by atoms with Gasteiger partial charge in [-0.15, -0.1) is 0 Å². The van der Waals surface area contributed by atoms with Gasteiger partial charge in [0.25, 0.3) is 0 Å². The number of thioether (sulfide) groups is 1. The van der Waals surface area contributed by atoms with Crippen molar-refractivity contribution in [2.45, 2.75) is 43.5 Å². The van der Waals surface area contributed by atoms with Crippen LogP contribution >= 0.6 is 23.8 Å². The highest BCUT2D eigenvalue weighted by Gasteiger charge is 2.44. The van der Waals surface area contributed by atoms with Crippen molar-refractivity contribution in [2.75, 3.05) is 18.6 Å². The Morgan fingerprint density at radius 1 is 1.24 bits per heavy atom. The first kappa shape index (κ1) is 22.9. The molecule has 25 heavy (non-hydrogen) atoms. The predicted molar refractivity (Wildman–Crippen MR) is 90.1 cm³/mol. The van der Waals surface area contributed by atoms with Gasteiger partial charge in [0.2, 0.25) is 0 Å². The fourth-order valence-corrected chi connectivity index (χ4v) is 3.13. The third-order valence-electron chi connectivity index (χ3n) is 3.06. The Morgan fingerprint density at radius 2 is 1.92 bits per heavy atom. The first-order valence-electron chi connectivity index (χ1n) is 7.05. The van der Waals surface area contributed by atoms with E-state index in [1.54, 1.807) is 11.8 Å². The van der Waals surface area contributed by atoms with Crippen molar-refractivity contribution < 1.29 is 46.6 Å². The molecule has 11 nitrogen and oxygen atoms in total. The van der Waals surface area contributed by atoms with Gasteiger partial charge < -0.3 is 25.2 Å². The standard InChI is InChI=1S/C11H21NO10S3/c1-23-4-2-3-7(12-22-25(17,18)19)24-21-11-10(16)9(15)8(14)6(5-13)20-11/h6,8-11,13-16H,2-5H2,1H3,(H,17,18,19). The van der Waals surface area contributed by atoms with Crippen LogP contribution < -0.4 is 0 Å². The molecule has 0 saturated carbocycles. The normalized spacial score (nSPS) is 31.1. The quantitative estimate of drug-likeness (QED) is 0.0743. The molecule has 14 heteroatoms. The lowest BCUT2D eigenvalue weighted by molar-refractivity contribution is -0.274. The van der Waals surface area contributed by atoms with Crippen molar-refractivity contribution >= 4 is 39.2 Å². The van der Waals surface area contributed by atoms with Crippen LogP contribution in [0.4, 0.5) is 0 Å². The summed E-state index contributed by atoms with van der Waals surface area (Å²) in [6.45, 7) is -0.615. The summed E-state index contributed by atoms with van der Waals surface area (Å²) in [5.41, 5.74) is 0. The number of ether oxygens (including phenoxy) is 1. The Morgan fingerprint density at radius 3 is 2.48 bits per heavy atom.